The Morgan fingerprint density at radius 1 is 0.955 bits per heavy atom. The molecule has 22 heavy (non-hydrogen) atoms. The highest BCUT2D eigenvalue weighted by atomic mass is 15.1. The molecule has 1 aliphatic rings. The topological polar surface area (TPSA) is 16.1 Å². The summed E-state index contributed by atoms with van der Waals surface area (Å²) >= 11 is 0. The van der Waals surface area contributed by atoms with Crippen LogP contribution in [0.5, 0.6) is 0 Å². The number of aromatic nitrogens is 1. The lowest BCUT2D eigenvalue weighted by Gasteiger charge is -2.19. The summed E-state index contributed by atoms with van der Waals surface area (Å²) in [4.78, 5) is 7.11. The van der Waals surface area contributed by atoms with Crippen molar-refractivity contribution in [3.05, 3.63) is 72.1 Å². The zero-order chi connectivity index (χ0) is 14.8. The van der Waals surface area contributed by atoms with Gasteiger partial charge in [-0.1, -0.05) is 42.5 Å². The van der Waals surface area contributed by atoms with Crippen LogP contribution in [0.2, 0.25) is 0 Å². The zero-order valence-corrected chi connectivity index (χ0v) is 12.7. The van der Waals surface area contributed by atoms with E-state index in [0.29, 0.717) is 0 Å². The van der Waals surface area contributed by atoms with Gasteiger partial charge in [-0.25, -0.2) is 0 Å². The quantitative estimate of drug-likeness (QED) is 0.714. The van der Waals surface area contributed by atoms with Crippen LogP contribution in [-0.4, -0.2) is 18.1 Å². The number of pyridine rings is 1. The molecule has 0 aliphatic carbocycles. The minimum Gasteiger partial charge on any atom is -0.371 e. The van der Waals surface area contributed by atoms with E-state index >= 15 is 0 Å². The van der Waals surface area contributed by atoms with E-state index in [2.05, 4.69) is 64.5 Å². The molecular formula is C20H20N2. The normalized spacial score (nSPS) is 13.5. The van der Waals surface area contributed by atoms with Crippen molar-refractivity contribution in [1.82, 2.24) is 4.98 Å². The fourth-order valence-electron chi connectivity index (χ4n) is 3.46. The first-order valence-corrected chi connectivity index (χ1v) is 8.07. The molecule has 0 unspecified atom stereocenters. The summed E-state index contributed by atoms with van der Waals surface area (Å²) in [5, 5.41) is 2.59. The minimum absolute atomic E-state index is 1.04. The number of aryl methyl sites for hydroxylation is 1. The molecule has 0 amide bonds. The largest absolute Gasteiger partial charge is 0.371 e. The van der Waals surface area contributed by atoms with Crippen LogP contribution in [0.1, 0.15) is 17.7 Å². The molecule has 0 fully saturated rings. The van der Waals surface area contributed by atoms with Gasteiger partial charge in [-0.15, -0.1) is 0 Å². The van der Waals surface area contributed by atoms with Gasteiger partial charge in [0.2, 0.25) is 0 Å². The molecule has 0 spiro atoms. The van der Waals surface area contributed by atoms with Gasteiger partial charge in [-0.05, 0) is 42.3 Å². The molecule has 0 N–H and O–H groups in total. The van der Waals surface area contributed by atoms with Crippen LogP contribution < -0.4 is 4.90 Å². The molecule has 2 nitrogen and oxygen atoms in total. The summed E-state index contributed by atoms with van der Waals surface area (Å²) in [6, 6.07) is 19.4. The van der Waals surface area contributed by atoms with Crippen LogP contribution in [0, 0.1) is 0 Å². The number of hydrogen-bond acceptors (Lipinski definition) is 2. The van der Waals surface area contributed by atoms with Gasteiger partial charge in [-0.2, -0.15) is 0 Å². The SMILES string of the molecule is c1ccc2c(c1)CCN2CCCc1nccc2ccccc12. The Morgan fingerprint density at radius 3 is 2.82 bits per heavy atom. The molecule has 2 aromatic carbocycles. The highest BCUT2D eigenvalue weighted by Gasteiger charge is 2.17. The Labute approximate surface area is 131 Å². The summed E-state index contributed by atoms with van der Waals surface area (Å²) in [5.41, 5.74) is 4.14. The Morgan fingerprint density at radius 2 is 1.82 bits per heavy atom. The maximum Gasteiger partial charge on any atom is 0.0482 e. The fourth-order valence-corrected chi connectivity index (χ4v) is 3.46. The van der Waals surface area contributed by atoms with Crippen molar-refractivity contribution in [2.24, 2.45) is 0 Å². The summed E-state index contributed by atoms with van der Waals surface area (Å²) in [7, 11) is 0. The van der Waals surface area contributed by atoms with Gasteiger partial charge in [0.15, 0.2) is 0 Å². The monoisotopic (exact) mass is 288 g/mol. The summed E-state index contributed by atoms with van der Waals surface area (Å²) in [6.07, 6.45) is 5.31. The van der Waals surface area contributed by atoms with Crippen LogP contribution >= 0.6 is 0 Å². The molecule has 4 rings (SSSR count). The van der Waals surface area contributed by atoms with Gasteiger partial charge >= 0.3 is 0 Å². The van der Waals surface area contributed by atoms with Gasteiger partial charge in [0.1, 0.15) is 0 Å². The molecule has 2 heteroatoms. The highest BCUT2D eigenvalue weighted by molar-refractivity contribution is 5.84. The molecule has 0 saturated carbocycles. The number of nitrogens with zero attached hydrogens (tertiary/aromatic N) is 2. The lowest BCUT2D eigenvalue weighted by Crippen LogP contribution is -2.22. The van der Waals surface area contributed by atoms with E-state index < -0.39 is 0 Å². The van der Waals surface area contributed by atoms with Crippen molar-refractivity contribution in [3.8, 4) is 0 Å². The summed E-state index contributed by atoms with van der Waals surface area (Å²) in [6.45, 7) is 2.27. The molecule has 0 atom stereocenters. The number of benzene rings is 2. The third kappa shape index (κ3) is 2.45. The Hall–Kier alpha value is -2.35. The van der Waals surface area contributed by atoms with Crippen LogP contribution in [0.15, 0.2) is 60.8 Å². The van der Waals surface area contributed by atoms with E-state index in [1.165, 1.54) is 34.1 Å². The predicted molar refractivity (Wildman–Crippen MR) is 92.4 cm³/mol. The van der Waals surface area contributed by atoms with Crippen molar-refractivity contribution in [1.29, 1.82) is 0 Å². The lowest BCUT2D eigenvalue weighted by atomic mass is 10.1. The number of rotatable bonds is 4. The van der Waals surface area contributed by atoms with Crippen LogP contribution in [-0.2, 0) is 12.8 Å². The van der Waals surface area contributed by atoms with Gasteiger partial charge < -0.3 is 4.90 Å². The number of hydrogen-bond donors (Lipinski definition) is 0. The third-order valence-corrected chi connectivity index (χ3v) is 4.58. The highest BCUT2D eigenvalue weighted by Crippen LogP contribution is 2.27. The van der Waals surface area contributed by atoms with E-state index in [9.17, 15) is 0 Å². The Bertz CT molecular complexity index is 789. The van der Waals surface area contributed by atoms with E-state index in [4.69, 9.17) is 0 Å². The maximum atomic E-state index is 4.60. The van der Waals surface area contributed by atoms with E-state index in [0.717, 1.165) is 25.9 Å². The van der Waals surface area contributed by atoms with Crippen molar-refractivity contribution < 1.29 is 0 Å². The molecule has 3 aromatic rings. The predicted octanol–water partition coefficient (Wildman–Crippen LogP) is 4.23. The smallest absolute Gasteiger partial charge is 0.0482 e. The first-order chi connectivity index (χ1) is 10.9. The van der Waals surface area contributed by atoms with E-state index in [1.54, 1.807) is 0 Å². The second-order valence-corrected chi connectivity index (χ2v) is 5.95. The minimum atomic E-state index is 1.04. The second-order valence-electron chi connectivity index (χ2n) is 5.95. The molecule has 0 bridgehead atoms. The van der Waals surface area contributed by atoms with Crippen LogP contribution in [0.25, 0.3) is 10.8 Å². The van der Waals surface area contributed by atoms with Gasteiger partial charge in [0, 0.05) is 36.1 Å². The molecule has 1 aromatic heterocycles. The molecule has 0 saturated heterocycles. The van der Waals surface area contributed by atoms with E-state index in [1.807, 2.05) is 6.20 Å². The van der Waals surface area contributed by atoms with Gasteiger partial charge in [-0.3, -0.25) is 4.98 Å². The van der Waals surface area contributed by atoms with Crippen molar-refractivity contribution >= 4 is 16.5 Å². The lowest BCUT2D eigenvalue weighted by molar-refractivity contribution is 0.744. The standard InChI is InChI=1S/C20H20N2/c1-3-8-18-16(6-1)11-13-21-19(18)9-5-14-22-15-12-17-7-2-4-10-20(17)22/h1-4,6-8,10-11,13H,5,9,12,14-15H2. The van der Waals surface area contributed by atoms with Crippen molar-refractivity contribution in [2.75, 3.05) is 18.0 Å². The average molecular weight is 288 g/mol. The average Bonchev–Trinajstić information content (AvgIpc) is 2.99. The van der Waals surface area contributed by atoms with Crippen LogP contribution in [0.4, 0.5) is 5.69 Å². The number of anilines is 1. The molecule has 110 valence electrons. The molecule has 1 aliphatic heterocycles. The first-order valence-electron chi connectivity index (χ1n) is 8.07. The summed E-state index contributed by atoms with van der Waals surface area (Å²) < 4.78 is 0. The maximum absolute atomic E-state index is 4.60. The second kappa shape index (κ2) is 5.80. The Kier molecular flexibility index (Phi) is 3.51. The van der Waals surface area contributed by atoms with Gasteiger partial charge in [0.25, 0.3) is 0 Å². The third-order valence-electron chi connectivity index (χ3n) is 4.58. The van der Waals surface area contributed by atoms with Crippen molar-refractivity contribution in [3.63, 3.8) is 0 Å². The number of para-hydroxylation sites is 1. The Balaban J connectivity index is 1.45. The zero-order valence-electron chi connectivity index (χ0n) is 12.7. The molecular weight excluding hydrogens is 268 g/mol. The molecule has 0 radical (unpaired) electrons. The fraction of sp³-hybridized carbons (Fsp3) is 0.250. The first kappa shape index (κ1) is 13.3. The van der Waals surface area contributed by atoms with Crippen LogP contribution in [0.3, 0.4) is 0 Å². The number of fused-ring (bicyclic) bond motifs is 2. The van der Waals surface area contributed by atoms with Gasteiger partial charge in [0.05, 0.1) is 0 Å². The van der Waals surface area contributed by atoms with E-state index in [-0.39, 0.29) is 0 Å². The molecule has 2 heterocycles. The van der Waals surface area contributed by atoms with Crippen molar-refractivity contribution in [2.45, 2.75) is 19.3 Å². The summed E-state index contributed by atoms with van der Waals surface area (Å²) in [5.74, 6) is 0.